The maximum absolute atomic E-state index is 9.99. The maximum atomic E-state index is 9.99. The summed E-state index contributed by atoms with van der Waals surface area (Å²) in [5, 5.41) is 19.2. The van der Waals surface area contributed by atoms with E-state index in [9.17, 15) is 9.59 Å². The molecule has 1 atom stereocenters. The lowest BCUT2D eigenvalue weighted by atomic mass is 10.2. The van der Waals surface area contributed by atoms with Crippen LogP contribution in [0.2, 0.25) is 0 Å². The first-order valence-corrected chi connectivity index (χ1v) is 4.46. The minimum Gasteiger partial charge on any atom is -0.481 e. The zero-order valence-corrected chi connectivity index (χ0v) is 8.22. The van der Waals surface area contributed by atoms with Gasteiger partial charge in [0.15, 0.2) is 0 Å². The Morgan fingerprint density at radius 3 is 2.47 bits per heavy atom. The normalized spacial score (nSPS) is 14.7. The predicted octanol–water partition coefficient (Wildman–Crippen LogP) is -1.12. The molecule has 7 heteroatoms. The van der Waals surface area contributed by atoms with Gasteiger partial charge in [-0.3, -0.25) is 14.6 Å². The Morgan fingerprint density at radius 1 is 1.53 bits per heavy atom. The lowest BCUT2D eigenvalue weighted by Gasteiger charge is -2.01. The summed E-state index contributed by atoms with van der Waals surface area (Å²) < 4.78 is 0. The zero-order valence-electron chi connectivity index (χ0n) is 8.22. The van der Waals surface area contributed by atoms with Crippen molar-refractivity contribution in [3.63, 3.8) is 0 Å². The van der Waals surface area contributed by atoms with Crippen LogP contribution in [0.15, 0.2) is 4.99 Å². The van der Waals surface area contributed by atoms with Gasteiger partial charge in [-0.15, -0.1) is 0 Å². The molecule has 0 aromatic carbocycles. The highest BCUT2D eigenvalue weighted by atomic mass is 16.4. The quantitative estimate of drug-likeness (QED) is 0.472. The Bertz CT molecular complexity index is 236. The Labute approximate surface area is 87.0 Å². The molecule has 0 saturated carbocycles. The molecule has 86 valence electrons. The van der Waals surface area contributed by atoms with E-state index in [1.54, 1.807) is 6.34 Å². The standard InChI is InChI=1S/C5H9NO4.C3H6N2/c6-3(5(9)10)1-2-4(7)8;1-2-5-3-4-1/h3H,1-2,6H2,(H,7,8)(H,9,10);3H,1-2H2,(H,4,5). The molecule has 0 aromatic rings. The third-order valence-electron chi connectivity index (χ3n) is 1.55. The number of nitrogens with two attached hydrogens (primary N) is 1. The highest BCUT2D eigenvalue weighted by Crippen LogP contribution is 1.93. The fourth-order valence-corrected chi connectivity index (χ4v) is 0.725. The molecule has 1 heterocycles. The number of rotatable bonds is 4. The van der Waals surface area contributed by atoms with Gasteiger partial charge in [0.05, 0.1) is 12.9 Å². The molecule has 0 amide bonds. The highest BCUT2D eigenvalue weighted by molar-refractivity contribution is 5.74. The third-order valence-corrected chi connectivity index (χ3v) is 1.55. The van der Waals surface area contributed by atoms with Crippen molar-refractivity contribution < 1.29 is 19.8 Å². The van der Waals surface area contributed by atoms with Gasteiger partial charge in [-0.2, -0.15) is 0 Å². The number of hydrogen-bond acceptors (Lipinski definition) is 5. The van der Waals surface area contributed by atoms with Crippen LogP contribution >= 0.6 is 0 Å². The van der Waals surface area contributed by atoms with Gasteiger partial charge in [0, 0.05) is 13.0 Å². The maximum Gasteiger partial charge on any atom is 0.320 e. The molecule has 0 bridgehead atoms. The summed E-state index contributed by atoms with van der Waals surface area (Å²) in [5.74, 6) is -2.20. The summed E-state index contributed by atoms with van der Waals surface area (Å²) in [7, 11) is 0. The van der Waals surface area contributed by atoms with Crippen molar-refractivity contribution in [1.82, 2.24) is 5.32 Å². The van der Waals surface area contributed by atoms with Crippen molar-refractivity contribution in [2.45, 2.75) is 18.9 Å². The zero-order chi connectivity index (χ0) is 11.7. The van der Waals surface area contributed by atoms with E-state index in [0.29, 0.717) is 0 Å². The van der Waals surface area contributed by atoms with E-state index in [0.717, 1.165) is 13.1 Å². The van der Waals surface area contributed by atoms with Gasteiger partial charge in [-0.25, -0.2) is 0 Å². The van der Waals surface area contributed by atoms with Crippen LogP contribution in [-0.2, 0) is 9.59 Å². The summed E-state index contributed by atoms with van der Waals surface area (Å²) in [6, 6.07) is -1.06. The number of carboxylic acids is 2. The average molecular weight is 217 g/mol. The van der Waals surface area contributed by atoms with Gasteiger partial charge in [0.2, 0.25) is 0 Å². The average Bonchev–Trinajstić information content (AvgIpc) is 2.71. The second-order valence-electron chi connectivity index (χ2n) is 2.87. The van der Waals surface area contributed by atoms with E-state index in [1.807, 2.05) is 0 Å². The van der Waals surface area contributed by atoms with E-state index < -0.39 is 18.0 Å². The van der Waals surface area contributed by atoms with Crippen LogP contribution in [-0.4, -0.2) is 47.6 Å². The molecule has 0 radical (unpaired) electrons. The molecule has 0 aliphatic carbocycles. The second kappa shape index (κ2) is 7.74. The minimum atomic E-state index is -1.17. The van der Waals surface area contributed by atoms with E-state index >= 15 is 0 Å². The number of nitrogens with zero attached hydrogens (tertiary/aromatic N) is 1. The fourth-order valence-electron chi connectivity index (χ4n) is 0.725. The number of aliphatic carboxylic acids is 2. The summed E-state index contributed by atoms with van der Waals surface area (Å²) in [6.45, 7) is 1.99. The molecule has 1 unspecified atom stereocenters. The molecule has 0 spiro atoms. The van der Waals surface area contributed by atoms with Crippen LogP contribution in [0.5, 0.6) is 0 Å². The molecular formula is C8H15N3O4. The van der Waals surface area contributed by atoms with Gasteiger partial charge < -0.3 is 21.3 Å². The number of hydrogen-bond donors (Lipinski definition) is 4. The predicted molar refractivity (Wildman–Crippen MR) is 53.8 cm³/mol. The van der Waals surface area contributed by atoms with E-state index in [2.05, 4.69) is 10.3 Å². The summed E-state index contributed by atoms with van der Waals surface area (Å²) in [4.78, 5) is 23.7. The molecule has 0 fully saturated rings. The third kappa shape index (κ3) is 8.69. The van der Waals surface area contributed by atoms with E-state index in [4.69, 9.17) is 15.9 Å². The molecule has 5 N–H and O–H groups in total. The van der Waals surface area contributed by atoms with Crippen LogP contribution in [0.1, 0.15) is 12.8 Å². The lowest BCUT2D eigenvalue weighted by molar-refractivity contribution is -0.139. The largest absolute Gasteiger partial charge is 0.481 e. The molecule has 0 aromatic heterocycles. The SMILES string of the molecule is C1=NCCN1.NC(CCC(=O)O)C(=O)O. The lowest BCUT2D eigenvalue weighted by Crippen LogP contribution is -2.30. The first-order valence-electron chi connectivity index (χ1n) is 4.46. The summed E-state index contributed by atoms with van der Waals surface area (Å²) >= 11 is 0. The number of carboxylic acid groups (broad SMARTS) is 2. The smallest absolute Gasteiger partial charge is 0.320 e. The van der Waals surface area contributed by atoms with Crippen molar-refractivity contribution in [3.05, 3.63) is 0 Å². The first kappa shape index (κ1) is 13.4. The van der Waals surface area contributed by atoms with E-state index in [1.165, 1.54) is 0 Å². The van der Waals surface area contributed by atoms with Gasteiger partial charge in [0.25, 0.3) is 0 Å². The second-order valence-corrected chi connectivity index (χ2v) is 2.87. The monoisotopic (exact) mass is 217 g/mol. The van der Waals surface area contributed by atoms with Crippen LogP contribution in [0.4, 0.5) is 0 Å². The van der Waals surface area contributed by atoms with Crippen molar-refractivity contribution in [2.24, 2.45) is 10.7 Å². The summed E-state index contributed by atoms with van der Waals surface area (Å²) in [5.41, 5.74) is 5.00. The first-order chi connectivity index (χ1) is 7.04. The molecule has 0 saturated heterocycles. The van der Waals surface area contributed by atoms with Crippen molar-refractivity contribution in [1.29, 1.82) is 0 Å². The van der Waals surface area contributed by atoms with Crippen molar-refractivity contribution in [3.8, 4) is 0 Å². The molecule has 1 aliphatic rings. The van der Waals surface area contributed by atoms with Crippen LogP contribution < -0.4 is 11.1 Å². The van der Waals surface area contributed by atoms with Crippen molar-refractivity contribution >= 4 is 18.3 Å². The number of aliphatic imine (C=N–C) groups is 1. The Kier molecular flexibility index (Phi) is 6.90. The highest BCUT2D eigenvalue weighted by Gasteiger charge is 2.12. The minimum absolute atomic E-state index is 0.0231. The van der Waals surface area contributed by atoms with Gasteiger partial charge >= 0.3 is 11.9 Å². The molecule has 7 nitrogen and oxygen atoms in total. The number of carbonyl (C=O) groups is 2. The summed E-state index contributed by atoms with van der Waals surface area (Å²) in [6.07, 6.45) is 1.51. The molecule has 1 rings (SSSR count). The molecule has 1 aliphatic heterocycles. The fraction of sp³-hybridized carbons (Fsp3) is 0.625. The molecule has 15 heavy (non-hydrogen) atoms. The molecular weight excluding hydrogens is 202 g/mol. The van der Waals surface area contributed by atoms with Gasteiger partial charge in [-0.1, -0.05) is 0 Å². The Morgan fingerprint density at radius 2 is 2.20 bits per heavy atom. The van der Waals surface area contributed by atoms with Crippen LogP contribution in [0.3, 0.4) is 0 Å². The van der Waals surface area contributed by atoms with Gasteiger partial charge in [-0.05, 0) is 6.42 Å². The Balaban J connectivity index is 0.000000322. The van der Waals surface area contributed by atoms with Crippen molar-refractivity contribution in [2.75, 3.05) is 13.1 Å². The number of nitrogens with one attached hydrogen (secondary N) is 1. The van der Waals surface area contributed by atoms with E-state index in [-0.39, 0.29) is 12.8 Å². The van der Waals surface area contributed by atoms with Crippen LogP contribution in [0, 0.1) is 0 Å². The van der Waals surface area contributed by atoms with Crippen LogP contribution in [0.25, 0.3) is 0 Å². The van der Waals surface area contributed by atoms with Gasteiger partial charge in [0.1, 0.15) is 6.04 Å². The topological polar surface area (TPSA) is 125 Å². The Hall–Kier alpha value is -1.63.